The molecule has 1 saturated heterocycles. The van der Waals surface area contributed by atoms with E-state index in [1.165, 1.54) is 18.4 Å². The maximum Gasteiger partial charge on any atom is 0.0438 e. The monoisotopic (exact) mass is 237 g/mol. The molecule has 1 atom stereocenters. The van der Waals surface area contributed by atoms with E-state index in [0.717, 1.165) is 23.9 Å². The molecule has 1 aromatic rings. The van der Waals surface area contributed by atoms with Gasteiger partial charge in [0.1, 0.15) is 0 Å². The lowest BCUT2D eigenvalue weighted by atomic mass is 9.76. The van der Waals surface area contributed by atoms with Gasteiger partial charge >= 0.3 is 0 Å². The zero-order chi connectivity index (χ0) is 11.6. The predicted octanol–water partition coefficient (Wildman–Crippen LogP) is 3.66. The molecule has 16 heavy (non-hydrogen) atoms. The highest BCUT2D eigenvalue weighted by atomic mass is 35.5. The fraction of sp³-hybridized carbons (Fsp3) is 0.571. The molecule has 0 aromatic heterocycles. The summed E-state index contributed by atoms with van der Waals surface area (Å²) in [6, 6.07) is 8.20. The molecule has 1 fully saturated rings. The van der Waals surface area contributed by atoms with Gasteiger partial charge in [0, 0.05) is 10.6 Å². The molecule has 0 bridgehead atoms. The highest BCUT2D eigenvalue weighted by molar-refractivity contribution is 6.31. The molecule has 88 valence electrons. The largest absolute Gasteiger partial charge is 0.311 e. The van der Waals surface area contributed by atoms with E-state index in [-0.39, 0.29) is 0 Å². The van der Waals surface area contributed by atoms with Crippen LogP contribution in [0.1, 0.15) is 32.3 Å². The fourth-order valence-corrected chi connectivity index (χ4v) is 2.87. The summed E-state index contributed by atoms with van der Waals surface area (Å²) in [6.45, 7) is 5.72. The first-order valence-electron chi connectivity index (χ1n) is 6.10. The average molecular weight is 238 g/mol. The smallest absolute Gasteiger partial charge is 0.0438 e. The third-order valence-corrected chi connectivity index (χ3v) is 3.76. The van der Waals surface area contributed by atoms with Gasteiger partial charge in [-0.1, -0.05) is 43.6 Å². The second kappa shape index (κ2) is 4.77. The highest BCUT2D eigenvalue weighted by Crippen LogP contribution is 2.32. The van der Waals surface area contributed by atoms with Gasteiger partial charge in [-0.25, -0.2) is 0 Å². The summed E-state index contributed by atoms with van der Waals surface area (Å²) in [5.74, 6) is 0.732. The van der Waals surface area contributed by atoms with Crippen LogP contribution in [-0.4, -0.2) is 12.1 Å². The van der Waals surface area contributed by atoms with Crippen molar-refractivity contribution in [3.8, 4) is 0 Å². The Hall–Kier alpha value is -0.530. The molecule has 1 aliphatic rings. The van der Waals surface area contributed by atoms with Gasteiger partial charge in [-0.3, -0.25) is 0 Å². The number of rotatable bonds is 4. The van der Waals surface area contributed by atoms with E-state index in [1.54, 1.807) is 0 Å². The molecular weight excluding hydrogens is 218 g/mol. The second-order valence-corrected chi connectivity index (χ2v) is 5.73. The number of benzene rings is 1. The number of hydrogen-bond donors (Lipinski definition) is 1. The Morgan fingerprint density at radius 1 is 1.38 bits per heavy atom. The van der Waals surface area contributed by atoms with E-state index in [4.69, 9.17) is 11.6 Å². The standard InChI is InChI=1S/C14H20ClN/c1-11(2)9-14(7-8-16-14)10-12-5-3-4-6-13(12)15/h3-6,11,16H,7-10H2,1-2H3. The highest BCUT2D eigenvalue weighted by Gasteiger charge is 2.37. The van der Waals surface area contributed by atoms with Crippen LogP contribution < -0.4 is 5.32 Å². The predicted molar refractivity (Wildman–Crippen MR) is 70.0 cm³/mol. The first-order valence-corrected chi connectivity index (χ1v) is 6.48. The Morgan fingerprint density at radius 3 is 2.56 bits per heavy atom. The van der Waals surface area contributed by atoms with Crippen molar-refractivity contribution in [2.75, 3.05) is 6.54 Å². The molecule has 0 spiro atoms. The van der Waals surface area contributed by atoms with Crippen molar-refractivity contribution in [1.29, 1.82) is 0 Å². The summed E-state index contributed by atoms with van der Waals surface area (Å²) in [5, 5.41) is 4.51. The van der Waals surface area contributed by atoms with Crippen molar-refractivity contribution >= 4 is 11.6 Å². The van der Waals surface area contributed by atoms with Crippen LogP contribution in [0.5, 0.6) is 0 Å². The molecule has 1 aromatic carbocycles. The summed E-state index contributed by atoms with van der Waals surface area (Å²) in [7, 11) is 0. The summed E-state index contributed by atoms with van der Waals surface area (Å²) >= 11 is 6.22. The lowest BCUT2D eigenvalue weighted by Crippen LogP contribution is -2.59. The maximum absolute atomic E-state index is 6.22. The fourth-order valence-electron chi connectivity index (χ4n) is 2.66. The summed E-state index contributed by atoms with van der Waals surface area (Å²) in [6.07, 6.45) is 3.57. The molecule has 0 radical (unpaired) electrons. The molecule has 2 rings (SSSR count). The van der Waals surface area contributed by atoms with Crippen molar-refractivity contribution in [2.24, 2.45) is 5.92 Å². The Balaban J connectivity index is 2.10. The average Bonchev–Trinajstić information content (AvgIpc) is 2.17. The number of hydrogen-bond acceptors (Lipinski definition) is 1. The summed E-state index contributed by atoms with van der Waals surface area (Å²) in [5.41, 5.74) is 1.58. The van der Waals surface area contributed by atoms with Crippen LogP contribution in [0.25, 0.3) is 0 Å². The van der Waals surface area contributed by atoms with Gasteiger partial charge in [-0.05, 0) is 43.4 Å². The first kappa shape index (κ1) is 11.9. The van der Waals surface area contributed by atoms with E-state index in [2.05, 4.69) is 31.3 Å². The van der Waals surface area contributed by atoms with Gasteiger partial charge < -0.3 is 5.32 Å². The molecule has 1 nitrogen and oxygen atoms in total. The summed E-state index contributed by atoms with van der Waals surface area (Å²) in [4.78, 5) is 0. The van der Waals surface area contributed by atoms with E-state index < -0.39 is 0 Å². The van der Waals surface area contributed by atoms with Gasteiger partial charge in [0.2, 0.25) is 0 Å². The maximum atomic E-state index is 6.22. The van der Waals surface area contributed by atoms with Crippen LogP contribution in [0.2, 0.25) is 5.02 Å². The quantitative estimate of drug-likeness (QED) is 0.843. The van der Waals surface area contributed by atoms with Crippen molar-refractivity contribution in [3.05, 3.63) is 34.9 Å². The Labute approximate surface area is 103 Å². The van der Waals surface area contributed by atoms with Crippen molar-refractivity contribution in [2.45, 2.75) is 38.6 Å². The third kappa shape index (κ3) is 2.58. The Bertz CT molecular complexity index is 356. The van der Waals surface area contributed by atoms with E-state index >= 15 is 0 Å². The molecule has 0 aliphatic carbocycles. The van der Waals surface area contributed by atoms with E-state index in [1.807, 2.05) is 12.1 Å². The van der Waals surface area contributed by atoms with Crippen LogP contribution in [0.15, 0.2) is 24.3 Å². The van der Waals surface area contributed by atoms with Gasteiger partial charge in [0.25, 0.3) is 0 Å². The van der Waals surface area contributed by atoms with Crippen LogP contribution in [0.3, 0.4) is 0 Å². The van der Waals surface area contributed by atoms with Crippen LogP contribution in [0, 0.1) is 5.92 Å². The minimum Gasteiger partial charge on any atom is -0.311 e. The van der Waals surface area contributed by atoms with Gasteiger partial charge in [-0.2, -0.15) is 0 Å². The van der Waals surface area contributed by atoms with Crippen molar-refractivity contribution in [1.82, 2.24) is 5.32 Å². The molecule has 1 unspecified atom stereocenters. The molecule has 1 heterocycles. The zero-order valence-corrected chi connectivity index (χ0v) is 10.8. The summed E-state index contributed by atoms with van der Waals surface area (Å²) < 4.78 is 0. The minimum atomic E-state index is 0.305. The van der Waals surface area contributed by atoms with Crippen LogP contribution in [0.4, 0.5) is 0 Å². The van der Waals surface area contributed by atoms with Gasteiger partial charge in [-0.15, -0.1) is 0 Å². The van der Waals surface area contributed by atoms with E-state index in [9.17, 15) is 0 Å². The van der Waals surface area contributed by atoms with Crippen molar-refractivity contribution in [3.63, 3.8) is 0 Å². The third-order valence-electron chi connectivity index (χ3n) is 3.39. The topological polar surface area (TPSA) is 12.0 Å². The molecular formula is C14H20ClN. The second-order valence-electron chi connectivity index (χ2n) is 5.32. The molecule has 0 saturated carbocycles. The molecule has 1 N–H and O–H groups in total. The first-order chi connectivity index (χ1) is 7.61. The van der Waals surface area contributed by atoms with Crippen LogP contribution in [-0.2, 0) is 6.42 Å². The SMILES string of the molecule is CC(C)CC1(Cc2ccccc2Cl)CCN1. The minimum absolute atomic E-state index is 0.305. The van der Waals surface area contributed by atoms with Crippen molar-refractivity contribution < 1.29 is 0 Å². The molecule has 0 amide bonds. The van der Waals surface area contributed by atoms with Gasteiger partial charge in [0.05, 0.1) is 0 Å². The Kier molecular flexibility index (Phi) is 3.56. The number of nitrogens with one attached hydrogen (secondary N) is 1. The Morgan fingerprint density at radius 2 is 2.06 bits per heavy atom. The van der Waals surface area contributed by atoms with Crippen LogP contribution >= 0.6 is 11.6 Å². The lowest BCUT2D eigenvalue weighted by molar-refractivity contribution is 0.168. The normalized spacial score (nSPS) is 24.5. The molecule has 1 aliphatic heterocycles. The van der Waals surface area contributed by atoms with E-state index in [0.29, 0.717) is 5.54 Å². The lowest BCUT2D eigenvalue weighted by Gasteiger charge is -2.45. The molecule has 2 heteroatoms. The zero-order valence-electron chi connectivity index (χ0n) is 10.1. The van der Waals surface area contributed by atoms with Gasteiger partial charge in [0.15, 0.2) is 0 Å². The number of halogens is 1.